The van der Waals surface area contributed by atoms with E-state index < -0.39 is 0 Å². The molecule has 5 nitrogen and oxygen atoms in total. The van der Waals surface area contributed by atoms with Gasteiger partial charge in [0.25, 0.3) is 0 Å². The number of thiophene rings is 1. The van der Waals surface area contributed by atoms with E-state index >= 15 is 0 Å². The molecule has 0 spiro atoms. The number of allylic oxidation sites excluding steroid dienone is 2. The fraction of sp³-hybridized carbons (Fsp3) is 0.619. The highest BCUT2D eigenvalue weighted by molar-refractivity contribution is 7.19. The number of fused-ring (bicyclic) bond motifs is 3. The lowest BCUT2D eigenvalue weighted by molar-refractivity contribution is 0.108. The molecule has 1 unspecified atom stereocenters. The molecule has 2 aliphatic carbocycles. The highest BCUT2D eigenvalue weighted by atomic mass is 32.1. The summed E-state index contributed by atoms with van der Waals surface area (Å²) in [5.74, 6) is 1.55. The second-order valence-corrected chi connectivity index (χ2v) is 9.11. The van der Waals surface area contributed by atoms with E-state index in [9.17, 15) is 5.11 Å². The van der Waals surface area contributed by atoms with Crippen molar-refractivity contribution in [1.29, 1.82) is 0 Å². The zero-order valence-corrected chi connectivity index (χ0v) is 17.3. The van der Waals surface area contributed by atoms with Crippen LogP contribution in [0.2, 0.25) is 0 Å². The smallest absolute Gasteiger partial charge is 0.225 e. The van der Waals surface area contributed by atoms with Crippen molar-refractivity contribution < 1.29 is 9.84 Å². The predicted molar refractivity (Wildman–Crippen MR) is 110 cm³/mol. The van der Waals surface area contributed by atoms with Crippen molar-refractivity contribution in [3.8, 4) is 5.88 Å². The second kappa shape index (κ2) is 7.76. The molecule has 0 radical (unpaired) electrons. The van der Waals surface area contributed by atoms with Crippen molar-refractivity contribution in [1.82, 2.24) is 14.9 Å². The minimum atomic E-state index is 0.235. The van der Waals surface area contributed by atoms with Crippen LogP contribution in [0.3, 0.4) is 0 Å². The van der Waals surface area contributed by atoms with Gasteiger partial charge in [-0.3, -0.25) is 0 Å². The quantitative estimate of drug-likeness (QED) is 0.745. The summed E-state index contributed by atoms with van der Waals surface area (Å²) in [6, 6.07) is 0.661. The predicted octanol–water partition coefficient (Wildman–Crippen LogP) is 4.82. The first-order chi connectivity index (χ1) is 13.1. The van der Waals surface area contributed by atoms with Crippen LogP contribution >= 0.6 is 11.3 Å². The molecule has 0 aliphatic heterocycles. The molecule has 1 saturated carbocycles. The first-order valence-corrected chi connectivity index (χ1v) is 10.8. The maximum absolute atomic E-state index is 10.1. The molecular formula is C21H29N3O2S. The van der Waals surface area contributed by atoms with Gasteiger partial charge in [0.15, 0.2) is 0 Å². The van der Waals surface area contributed by atoms with Crippen molar-refractivity contribution in [2.45, 2.75) is 69.9 Å². The lowest BCUT2D eigenvalue weighted by Crippen LogP contribution is -2.35. The molecule has 6 heteroatoms. The summed E-state index contributed by atoms with van der Waals surface area (Å²) in [6.45, 7) is 1.89. The van der Waals surface area contributed by atoms with E-state index in [0.29, 0.717) is 24.1 Å². The fourth-order valence-electron chi connectivity index (χ4n) is 4.54. The van der Waals surface area contributed by atoms with Crippen molar-refractivity contribution in [2.75, 3.05) is 14.1 Å². The lowest BCUT2D eigenvalue weighted by Gasteiger charge is -2.32. The maximum Gasteiger partial charge on any atom is 0.225 e. The van der Waals surface area contributed by atoms with Crippen LogP contribution in [-0.2, 0) is 6.42 Å². The first-order valence-electron chi connectivity index (χ1n) is 10.00. The van der Waals surface area contributed by atoms with Crippen LogP contribution in [0.4, 0.5) is 0 Å². The van der Waals surface area contributed by atoms with Gasteiger partial charge in [0.2, 0.25) is 5.88 Å². The van der Waals surface area contributed by atoms with Gasteiger partial charge in [0.05, 0.1) is 11.1 Å². The molecule has 0 aromatic carbocycles. The normalized spacial score (nSPS) is 25.9. The van der Waals surface area contributed by atoms with Gasteiger partial charge in [-0.05, 0) is 77.1 Å². The average molecular weight is 388 g/mol. The maximum atomic E-state index is 10.1. The number of ether oxygens (including phenoxy) is 1. The summed E-state index contributed by atoms with van der Waals surface area (Å²) in [4.78, 5) is 13.8. The number of aliphatic hydroxyl groups excluding tert-OH is 1. The topological polar surface area (TPSA) is 58.5 Å². The number of aliphatic hydroxyl groups is 1. The molecule has 2 aromatic heterocycles. The second-order valence-electron chi connectivity index (χ2n) is 8.03. The van der Waals surface area contributed by atoms with Gasteiger partial charge in [0.1, 0.15) is 17.3 Å². The van der Waals surface area contributed by atoms with E-state index in [1.807, 2.05) is 6.92 Å². The highest BCUT2D eigenvalue weighted by Gasteiger charge is 2.32. The van der Waals surface area contributed by atoms with Gasteiger partial charge < -0.3 is 14.7 Å². The standard InChI is InChI=1S/C21H29N3O2S/c1-4-15(25)11-13-5-10-17-18(13)19-20(22-12-23-21(19)27-17)26-16-8-6-14(7-9-16)24(2)3/h4,12-14,16,25H,5-11H2,1-3H3/b15-4-. The zero-order valence-electron chi connectivity index (χ0n) is 16.4. The van der Waals surface area contributed by atoms with E-state index in [4.69, 9.17) is 4.74 Å². The van der Waals surface area contributed by atoms with Crippen LogP contribution in [0, 0.1) is 0 Å². The summed E-state index contributed by atoms with van der Waals surface area (Å²) >= 11 is 1.77. The molecule has 146 valence electrons. The Balaban J connectivity index is 1.59. The van der Waals surface area contributed by atoms with Crippen LogP contribution in [0.1, 0.15) is 61.8 Å². The molecule has 2 heterocycles. The zero-order chi connectivity index (χ0) is 19.0. The van der Waals surface area contributed by atoms with Crippen LogP contribution in [0.5, 0.6) is 5.88 Å². The van der Waals surface area contributed by atoms with E-state index in [1.165, 1.54) is 23.3 Å². The Hall–Kier alpha value is -1.66. The minimum absolute atomic E-state index is 0.235. The van der Waals surface area contributed by atoms with Gasteiger partial charge in [-0.25, -0.2) is 9.97 Å². The average Bonchev–Trinajstić information content (AvgIpc) is 3.22. The van der Waals surface area contributed by atoms with E-state index in [0.717, 1.165) is 41.8 Å². The Kier molecular flexibility index (Phi) is 5.37. The molecule has 0 amide bonds. The summed E-state index contributed by atoms with van der Waals surface area (Å²) in [7, 11) is 4.32. The lowest BCUT2D eigenvalue weighted by atomic mass is 9.92. The van der Waals surface area contributed by atoms with Crippen LogP contribution in [0.25, 0.3) is 10.2 Å². The van der Waals surface area contributed by atoms with Crippen LogP contribution in [0.15, 0.2) is 18.2 Å². The van der Waals surface area contributed by atoms with E-state index in [2.05, 4.69) is 29.0 Å². The molecular weight excluding hydrogens is 358 g/mol. The van der Waals surface area contributed by atoms with Gasteiger partial charge in [0, 0.05) is 17.3 Å². The largest absolute Gasteiger partial charge is 0.513 e. The highest BCUT2D eigenvalue weighted by Crippen LogP contribution is 2.48. The van der Waals surface area contributed by atoms with Gasteiger partial charge >= 0.3 is 0 Å². The Morgan fingerprint density at radius 3 is 2.74 bits per heavy atom. The number of nitrogens with zero attached hydrogens (tertiary/aromatic N) is 3. The number of hydrogen-bond acceptors (Lipinski definition) is 6. The van der Waals surface area contributed by atoms with Crippen molar-refractivity contribution in [2.24, 2.45) is 0 Å². The molecule has 1 atom stereocenters. The first kappa shape index (κ1) is 18.7. The van der Waals surface area contributed by atoms with Crippen molar-refractivity contribution in [3.05, 3.63) is 28.6 Å². The Bertz CT molecular complexity index is 837. The number of aromatic nitrogens is 2. The number of aryl methyl sites for hydroxylation is 1. The van der Waals surface area contributed by atoms with Crippen LogP contribution in [-0.4, -0.2) is 46.2 Å². The molecule has 4 rings (SSSR count). The molecule has 1 fully saturated rings. The number of rotatable bonds is 5. The fourth-order valence-corrected chi connectivity index (χ4v) is 5.77. The molecule has 2 aliphatic rings. The molecule has 2 aromatic rings. The van der Waals surface area contributed by atoms with Crippen molar-refractivity contribution in [3.63, 3.8) is 0 Å². The minimum Gasteiger partial charge on any atom is -0.513 e. The van der Waals surface area contributed by atoms with Gasteiger partial charge in [-0.1, -0.05) is 0 Å². The molecule has 0 saturated heterocycles. The third kappa shape index (κ3) is 3.69. The molecule has 1 N–H and O–H groups in total. The van der Waals surface area contributed by atoms with Crippen molar-refractivity contribution >= 4 is 21.6 Å². The Morgan fingerprint density at radius 1 is 1.26 bits per heavy atom. The third-order valence-corrected chi connectivity index (χ3v) is 7.31. The SMILES string of the molecule is C/C=C(\O)CC1CCc2sc3ncnc(OC4CCC(N(C)C)CC4)c3c21. The Labute approximate surface area is 165 Å². The van der Waals surface area contributed by atoms with E-state index in [-0.39, 0.29) is 6.10 Å². The van der Waals surface area contributed by atoms with Crippen LogP contribution < -0.4 is 4.74 Å². The molecule has 0 bridgehead atoms. The third-order valence-electron chi connectivity index (χ3n) is 6.14. The van der Waals surface area contributed by atoms with Gasteiger partial charge in [-0.15, -0.1) is 11.3 Å². The summed E-state index contributed by atoms with van der Waals surface area (Å²) < 4.78 is 6.42. The molecule has 27 heavy (non-hydrogen) atoms. The summed E-state index contributed by atoms with van der Waals surface area (Å²) in [5.41, 5.74) is 1.32. The van der Waals surface area contributed by atoms with E-state index in [1.54, 1.807) is 23.7 Å². The Morgan fingerprint density at radius 2 is 2.04 bits per heavy atom. The number of hydrogen-bond donors (Lipinski definition) is 1. The van der Waals surface area contributed by atoms with Gasteiger partial charge in [-0.2, -0.15) is 0 Å². The summed E-state index contributed by atoms with van der Waals surface area (Å²) in [5, 5.41) is 11.1. The summed E-state index contributed by atoms with van der Waals surface area (Å²) in [6.07, 6.45) is 11.0. The monoisotopic (exact) mass is 387 g/mol.